The van der Waals surface area contributed by atoms with E-state index in [0.717, 1.165) is 17.5 Å². The van der Waals surface area contributed by atoms with Crippen LogP contribution in [0.25, 0.3) is 0 Å². The fourth-order valence-corrected chi connectivity index (χ4v) is 1.79. The normalized spacial score (nSPS) is 12.2. The highest BCUT2D eigenvalue weighted by Crippen LogP contribution is 2.09. The highest BCUT2D eigenvalue weighted by atomic mass is 35.5. The van der Waals surface area contributed by atoms with Crippen molar-refractivity contribution >= 4 is 17.5 Å². The predicted octanol–water partition coefficient (Wildman–Crippen LogP) is 2.23. The van der Waals surface area contributed by atoms with E-state index in [2.05, 4.69) is 5.32 Å². The van der Waals surface area contributed by atoms with Gasteiger partial charge in [0.15, 0.2) is 0 Å². The van der Waals surface area contributed by atoms with Crippen LogP contribution in [0.5, 0.6) is 0 Å². The summed E-state index contributed by atoms with van der Waals surface area (Å²) in [6.45, 7) is 2.87. The maximum Gasteiger partial charge on any atom is 0.251 e. The van der Waals surface area contributed by atoms with E-state index in [9.17, 15) is 4.79 Å². The zero-order chi connectivity index (χ0) is 12.7. The number of halogens is 1. The highest BCUT2D eigenvalue weighted by Gasteiger charge is 2.11. The van der Waals surface area contributed by atoms with Crippen LogP contribution in [0, 0.1) is 0 Å². The Hall–Kier alpha value is -1.06. The standard InChI is InChI=1S/C13H18ClNO2/c1-3-10-6-4-5-7-12(10)13(16)15-8-11(14)9-17-2/h4-7,11H,3,8-9H2,1-2H3,(H,15,16). The van der Waals surface area contributed by atoms with Crippen molar-refractivity contribution in [3.8, 4) is 0 Å². The van der Waals surface area contributed by atoms with E-state index in [1.165, 1.54) is 0 Å². The molecule has 0 fully saturated rings. The number of aryl methyl sites for hydroxylation is 1. The van der Waals surface area contributed by atoms with Crippen molar-refractivity contribution in [2.45, 2.75) is 18.7 Å². The Morgan fingerprint density at radius 2 is 2.18 bits per heavy atom. The van der Waals surface area contributed by atoms with Gasteiger partial charge in [-0.25, -0.2) is 0 Å². The third-order valence-corrected chi connectivity index (χ3v) is 2.75. The molecule has 4 heteroatoms. The lowest BCUT2D eigenvalue weighted by Crippen LogP contribution is -2.32. The zero-order valence-corrected chi connectivity index (χ0v) is 11.0. The van der Waals surface area contributed by atoms with Gasteiger partial charge in [-0.15, -0.1) is 11.6 Å². The third kappa shape index (κ3) is 4.36. The molecule has 1 amide bonds. The minimum Gasteiger partial charge on any atom is -0.383 e. The van der Waals surface area contributed by atoms with Crippen LogP contribution in [0.15, 0.2) is 24.3 Å². The summed E-state index contributed by atoms with van der Waals surface area (Å²) in [6, 6.07) is 7.59. The van der Waals surface area contributed by atoms with Crippen molar-refractivity contribution in [3.05, 3.63) is 35.4 Å². The Balaban J connectivity index is 2.58. The number of carbonyl (C=O) groups excluding carboxylic acids is 1. The molecule has 0 aliphatic heterocycles. The number of rotatable bonds is 6. The second-order valence-corrected chi connectivity index (χ2v) is 4.39. The van der Waals surface area contributed by atoms with E-state index >= 15 is 0 Å². The second-order valence-electron chi connectivity index (χ2n) is 3.77. The summed E-state index contributed by atoms with van der Waals surface area (Å²) in [5, 5.41) is 2.61. The van der Waals surface area contributed by atoms with Crippen molar-refractivity contribution in [2.75, 3.05) is 20.3 Å². The number of carbonyl (C=O) groups is 1. The molecule has 0 aromatic heterocycles. The number of methoxy groups -OCH3 is 1. The largest absolute Gasteiger partial charge is 0.383 e. The molecule has 1 unspecified atom stereocenters. The number of alkyl halides is 1. The summed E-state index contributed by atoms with van der Waals surface area (Å²) >= 11 is 5.95. The summed E-state index contributed by atoms with van der Waals surface area (Å²) in [7, 11) is 1.59. The maximum atomic E-state index is 11.9. The second kappa shape index (κ2) is 7.30. The van der Waals surface area contributed by atoms with Gasteiger partial charge >= 0.3 is 0 Å². The van der Waals surface area contributed by atoms with Gasteiger partial charge in [-0.1, -0.05) is 25.1 Å². The van der Waals surface area contributed by atoms with Crippen LogP contribution < -0.4 is 5.32 Å². The third-order valence-electron chi connectivity index (χ3n) is 2.47. The first-order valence-corrected chi connectivity index (χ1v) is 6.11. The number of nitrogens with one attached hydrogen (secondary N) is 1. The molecule has 0 saturated carbocycles. The van der Waals surface area contributed by atoms with E-state index in [-0.39, 0.29) is 11.3 Å². The first kappa shape index (κ1) is 14.0. The Morgan fingerprint density at radius 1 is 1.47 bits per heavy atom. The van der Waals surface area contributed by atoms with E-state index in [1.54, 1.807) is 7.11 Å². The SMILES string of the molecule is CCc1ccccc1C(=O)NCC(Cl)COC. The van der Waals surface area contributed by atoms with Crippen molar-refractivity contribution in [2.24, 2.45) is 0 Å². The minimum atomic E-state index is -0.197. The summed E-state index contributed by atoms with van der Waals surface area (Å²) < 4.78 is 4.90. The molecule has 0 saturated heterocycles. The smallest absolute Gasteiger partial charge is 0.251 e. The van der Waals surface area contributed by atoms with Crippen LogP contribution in [-0.4, -0.2) is 31.5 Å². The lowest BCUT2D eigenvalue weighted by Gasteiger charge is -2.11. The van der Waals surface area contributed by atoms with E-state index < -0.39 is 0 Å². The van der Waals surface area contributed by atoms with Crippen LogP contribution in [-0.2, 0) is 11.2 Å². The fourth-order valence-electron chi connectivity index (χ4n) is 1.59. The molecule has 0 radical (unpaired) electrons. The van der Waals surface area contributed by atoms with Gasteiger partial charge in [0.05, 0.1) is 12.0 Å². The zero-order valence-electron chi connectivity index (χ0n) is 10.2. The molecule has 0 aliphatic rings. The molecule has 3 nitrogen and oxygen atoms in total. The molecule has 1 aromatic carbocycles. The van der Waals surface area contributed by atoms with Crippen molar-refractivity contribution in [1.29, 1.82) is 0 Å². The van der Waals surface area contributed by atoms with Crippen molar-refractivity contribution in [1.82, 2.24) is 5.32 Å². The topological polar surface area (TPSA) is 38.3 Å². The van der Waals surface area contributed by atoms with E-state index in [4.69, 9.17) is 16.3 Å². The van der Waals surface area contributed by atoms with Gasteiger partial charge in [0.25, 0.3) is 5.91 Å². The molecule has 1 atom stereocenters. The lowest BCUT2D eigenvalue weighted by atomic mass is 10.0. The quantitative estimate of drug-likeness (QED) is 0.792. The van der Waals surface area contributed by atoms with Gasteiger partial charge in [-0.05, 0) is 18.1 Å². The number of hydrogen-bond acceptors (Lipinski definition) is 2. The highest BCUT2D eigenvalue weighted by molar-refractivity contribution is 6.21. The van der Waals surface area contributed by atoms with Crippen LogP contribution >= 0.6 is 11.6 Å². The predicted molar refractivity (Wildman–Crippen MR) is 69.7 cm³/mol. The summed E-state index contributed by atoms with van der Waals surface area (Å²) in [6.07, 6.45) is 0.839. The Kier molecular flexibility index (Phi) is 6.01. The van der Waals surface area contributed by atoms with Gasteiger partial charge in [0, 0.05) is 19.2 Å². The average molecular weight is 256 g/mol. The van der Waals surface area contributed by atoms with Crippen molar-refractivity contribution < 1.29 is 9.53 Å². The van der Waals surface area contributed by atoms with E-state index in [0.29, 0.717) is 13.2 Å². The minimum absolute atomic E-state index is 0.0794. The summed E-state index contributed by atoms with van der Waals surface area (Å²) in [5.74, 6) is -0.0794. The van der Waals surface area contributed by atoms with Crippen LogP contribution in [0.1, 0.15) is 22.8 Å². The summed E-state index contributed by atoms with van der Waals surface area (Å²) in [4.78, 5) is 11.9. The molecule has 1 N–H and O–H groups in total. The Labute approximate surface area is 107 Å². The molecular formula is C13H18ClNO2. The molecule has 0 aliphatic carbocycles. The first-order valence-electron chi connectivity index (χ1n) is 5.68. The molecule has 0 bridgehead atoms. The average Bonchev–Trinajstić information content (AvgIpc) is 2.36. The molecule has 0 spiro atoms. The Morgan fingerprint density at radius 3 is 2.82 bits per heavy atom. The molecule has 1 rings (SSSR count). The molecule has 17 heavy (non-hydrogen) atoms. The van der Waals surface area contributed by atoms with Gasteiger partial charge in [0.2, 0.25) is 0 Å². The fraction of sp³-hybridized carbons (Fsp3) is 0.462. The van der Waals surface area contributed by atoms with Crippen LogP contribution in [0.3, 0.4) is 0 Å². The van der Waals surface area contributed by atoms with Gasteiger partial charge in [0.1, 0.15) is 0 Å². The molecule has 94 valence electrons. The monoisotopic (exact) mass is 255 g/mol. The number of hydrogen-bond donors (Lipinski definition) is 1. The number of amides is 1. The lowest BCUT2D eigenvalue weighted by molar-refractivity contribution is 0.0948. The van der Waals surface area contributed by atoms with Crippen molar-refractivity contribution in [3.63, 3.8) is 0 Å². The summed E-state index contributed by atoms with van der Waals surface area (Å²) in [5.41, 5.74) is 1.76. The molecule has 1 aromatic rings. The first-order chi connectivity index (χ1) is 8.19. The van der Waals surface area contributed by atoms with E-state index in [1.807, 2.05) is 31.2 Å². The van der Waals surface area contributed by atoms with Crippen LogP contribution in [0.2, 0.25) is 0 Å². The maximum absolute atomic E-state index is 11.9. The van der Waals surface area contributed by atoms with Crippen LogP contribution in [0.4, 0.5) is 0 Å². The number of benzene rings is 1. The molecule has 0 heterocycles. The Bertz CT molecular complexity index is 368. The molecular weight excluding hydrogens is 238 g/mol. The van der Waals surface area contributed by atoms with Gasteiger partial charge in [-0.2, -0.15) is 0 Å². The number of ether oxygens (including phenoxy) is 1. The van der Waals surface area contributed by atoms with Gasteiger partial charge in [-0.3, -0.25) is 4.79 Å². The van der Waals surface area contributed by atoms with Gasteiger partial charge < -0.3 is 10.1 Å².